The molecule has 7 nitrogen and oxygen atoms in total. The van der Waals surface area contributed by atoms with E-state index in [9.17, 15) is 13.2 Å². The number of carbonyl (C=O) groups excluding carboxylic acids is 1. The smallest absolute Gasteiger partial charge is 0.407 e. The van der Waals surface area contributed by atoms with Gasteiger partial charge in [-0.2, -0.15) is 12.7 Å². The van der Waals surface area contributed by atoms with Gasteiger partial charge in [0.1, 0.15) is 5.60 Å². The predicted molar refractivity (Wildman–Crippen MR) is 62.5 cm³/mol. The maximum Gasteiger partial charge on any atom is 0.407 e. The van der Waals surface area contributed by atoms with Crippen LogP contribution in [0.5, 0.6) is 0 Å². The Kier molecular flexibility index (Phi) is 4.00. The van der Waals surface area contributed by atoms with Gasteiger partial charge in [-0.15, -0.1) is 0 Å². The van der Waals surface area contributed by atoms with Crippen molar-refractivity contribution in [2.45, 2.75) is 38.8 Å². The van der Waals surface area contributed by atoms with Crippen LogP contribution in [0.25, 0.3) is 0 Å². The van der Waals surface area contributed by atoms with Gasteiger partial charge in [0.15, 0.2) is 0 Å². The lowest BCUT2D eigenvalue weighted by Gasteiger charge is -2.21. The zero-order chi connectivity index (χ0) is 13.3. The van der Waals surface area contributed by atoms with Gasteiger partial charge in [-0.25, -0.2) is 9.93 Å². The van der Waals surface area contributed by atoms with Crippen LogP contribution in [0.3, 0.4) is 0 Å². The third-order valence-electron chi connectivity index (χ3n) is 2.23. The highest BCUT2D eigenvalue weighted by molar-refractivity contribution is 7.86. The number of ether oxygens (including phenoxy) is 1. The molecule has 0 aromatic heterocycles. The maximum absolute atomic E-state index is 11.4. The second kappa shape index (κ2) is 4.79. The summed E-state index contributed by atoms with van der Waals surface area (Å²) in [6, 6.07) is -0.247. The molecule has 0 radical (unpaired) electrons. The van der Waals surface area contributed by atoms with Crippen LogP contribution in [0.1, 0.15) is 27.2 Å². The van der Waals surface area contributed by atoms with Crippen LogP contribution in [0, 0.1) is 0 Å². The number of hydrogen-bond donors (Lipinski definition) is 2. The first-order valence-corrected chi connectivity index (χ1v) is 6.85. The van der Waals surface area contributed by atoms with Crippen LogP contribution < -0.4 is 10.5 Å². The van der Waals surface area contributed by atoms with Gasteiger partial charge in [-0.1, -0.05) is 0 Å². The minimum Gasteiger partial charge on any atom is -0.444 e. The molecule has 0 aromatic carbocycles. The van der Waals surface area contributed by atoms with E-state index in [4.69, 9.17) is 9.88 Å². The molecule has 0 saturated carbocycles. The predicted octanol–water partition coefficient (Wildman–Crippen LogP) is -0.211. The molecule has 0 bridgehead atoms. The summed E-state index contributed by atoms with van der Waals surface area (Å²) in [5.74, 6) is 0. The largest absolute Gasteiger partial charge is 0.444 e. The number of alkyl carbamates (subject to hydrolysis) is 1. The molecule has 0 aromatic rings. The Hall–Kier alpha value is -0.860. The molecule has 0 spiro atoms. The van der Waals surface area contributed by atoms with Gasteiger partial charge in [-0.05, 0) is 27.2 Å². The maximum atomic E-state index is 11.4. The molecular weight excluding hydrogens is 246 g/mol. The Labute approximate surface area is 101 Å². The molecule has 1 atom stereocenters. The number of rotatable bonds is 2. The van der Waals surface area contributed by atoms with Crippen molar-refractivity contribution >= 4 is 16.3 Å². The molecule has 1 aliphatic rings. The summed E-state index contributed by atoms with van der Waals surface area (Å²) >= 11 is 0. The first-order valence-electron chi connectivity index (χ1n) is 5.35. The third kappa shape index (κ3) is 4.88. The van der Waals surface area contributed by atoms with E-state index in [0.29, 0.717) is 13.0 Å². The van der Waals surface area contributed by atoms with Gasteiger partial charge in [0.25, 0.3) is 10.2 Å². The highest BCUT2D eigenvalue weighted by atomic mass is 32.2. The molecule has 1 saturated heterocycles. The van der Waals surface area contributed by atoms with Crippen molar-refractivity contribution in [2.75, 3.05) is 13.1 Å². The molecule has 0 aliphatic carbocycles. The van der Waals surface area contributed by atoms with Crippen molar-refractivity contribution in [2.24, 2.45) is 5.14 Å². The van der Waals surface area contributed by atoms with Gasteiger partial charge in [0, 0.05) is 19.1 Å². The van der Waals surface area contributed by atoms with E-state index in [-0.39, 0.29) is 12.6 Å². The van der Waals surface area contributed by atoms with Gasteiger partial charge in [0.05, 0.1) is 0 Å². The molecule has 3 N–H and O–H groups in total. The van der Waals surface area contributed by atoms with Crippen molar-refractivity contribution in [3.05, 3.63) is 0 Å². The Balaban J connectivity index is 2.44. The molecule has 8 heteroatoms. The van der Waals surface area contributed by atoms with E-state index >= 15 is 0 Å². The molecule has 0 unspecified atom stereocenters. The Bertz CT molecular complexity index is 388. The summed E-state index contributed by atoms with van der Waals surface area (Å²) in [7, 11) is -3.67. The Morgan fingerprint density at radius 3 is 2.47 bits per heavy atom. The van der Waals surface area contributed by atoms with E-state index in [1.165, 1.54) is 0 Å². The van der Waals surface area contributed by atoms with Gasteiger partial charge >= 0.3 is 6.09 Å². The summed E-state index contributed by atoms with van der Waals surface area (Å²) in [6.07, 6.45) is -0.00543. The third-order valence-corrected chi connectivity index (χ3v) is 3.28. The van der Waals surface area contributed by atoms with Gasteiger partial charge < -0.3 is 10.1 Å². The SMILES string of the molecule is CC(C)(C)OC(=O)N[C@@H]1CCN(S(N)(=O)=O)C1. The summed E-state index contributed by atoms with van der Waals surface area (Å²) in [5, 5.41) is 7.60. The van der Waals surface area contributed by atoms with E-state index in [1.807, 2.05) is 0 Å². The van der Waals surface area contributed by atoms with Crippen molar-refractivity contribution in [1.29, 1.82) is 0 Å². The number of nitrogens with two attached hydrogens (primary N) is 1. The summed E-state index contributed by atoms with van der Waals surface area (Å²) in [5.41, 5.74) is -0.567. The van der Waals surface area contributed by atoms with Crippen LogP contribution in [-0.4, -0.2) is 43.5 Å². The molecule has 1 aliphatic heterocycles. The lowest BCUT2D eigenvalue weighted by molar-refractivity contribution is 0.0507. The zero-order valence-electron chi connectivity index (χ0n) is 10.3. The normalized spacial score (nSPS) is 22.5. The minimum absolute atomic E-state index is 0.193. The molecule has 1 heterocycles. The highest BCUT2D eigenvalue weighted by Crippen LogP contribution is 2.13. The van der Waals surface area contributed by atoms with Crippen LogP contribution in [0.2, 0.25) is 0 Å². The second-order valence-electron chi connectivity index (χ2n) is 5.03. The summed E-state index contributed by atoms with van der Waals surface area (Å²) in [4.78, 5) is 11.4. The Morgan fingerprint density at radius 1 is 1.47 bits per heavy atom. The lowest BCUT2D eigenvalue weighted by Crippen LogP contribution is -2.42. The summed E-state index contributed by atoms with van der Waals surface area (Å²) in [6.45, 7) is 5.80. The average molecular weight is 265 g/mol. The van der Waals surface area contributed by atoms with E-state index in [2.05, 4.69) is 5.32 Å². The first-order chi connectivity index (χ1) is 7.58. The second-order valence-corrected chi connectivity index (χ2v) is 6.58. The van der Waals surface area contributed by atoms with Gasteiger partial charge in [-0.3, -0.25) is 0 Å². The van der Waals surface area contributed by atoms with Crippen LogP contribution in [-0.2, 0) is 14.9 Å². The van der Waals surface area contributed by atoms with Crippen molar-refractivity contribution in [3.8, 4) is 0 Å². The topological polar surface area (TPSA) is 102 Å². The van der Waals surface area contributed by atoms with Crippen molar-refractivity contribution in [3.63, 3.8) is 0 Å². The number of hydrogen-bond acceptors (Lipinski definition) is 4. The van der Waals surface area contributed by atoms with Crippen LogP contribution in [0.15, 0.2) is 0 Å². The molecule has 1 fully saturated rings. The standard InChI is InChI=1S/C9H19N3O4S/c1-9(2,3)16-8(13)11-7-4-5-12(6-7)17(10,14)15/h7H,4-6H2,1-3H3,(H,11,13)(H2,10,14,15)/t7-/m1/s1. The minimum atomic E-state index is -3.67. The van der Waals surface area contributed by atoms with Crippen LogP contribution >= 0.6 is 0 Å². The number of carbonyl (C=O) groups is 1. The fourth-order valence-corrected chi connectivity index (χ4v) is 2.30. The summed E-state index contributed by atoms with van der Waals surface area (Å²) < 4.78 is 28.3. The quantitative estimate of drug-likeness (QED) is 0.721. The fourth-order valence-electron chi connectivity index (χ4n) is 1.55. The van der Waals surface area contributed by atoms with Gasteiger partial charge in [0.2, 0.25) is 0 Å². The Morgan fingerprint density at radius 2 is 2.06 bits per heavy atom. The fraction of sp³-hybridized carbons (Fsp3) is 0.889. The van der Waals surface area contributed by atoms with Crippen LogP contribution in [0.4, 0.5) is 4.79 Å². The molecule has 100 valence electrons. The average Bonchev–Trinajstić information content (AvgIpc) is 2.47. The van der Waals surface area contributed by atoms with E-state index < -0.39 is 21.9 Å². The highest BCUT2D eigenvalue weighted by Gasteiger charge is 2.30. The number of amides is 1. The number of nitrogens with zero attached hydrogens (tertiary/aromatic N) is 1. The lowest BCUT2D eigenvalue weighted by atomic mass is 10.2. The number of nitrogens with one attached hydrogen (secondary N) is 1. The van der Waals surface area contributed by atoms with E-state index in [0.717, 1.165) is 4.31 Å². The molecular formula is C9H19N3O4S. The monoisotopic (exact) mass is 265 g/mol. The first kappa shape index (κ1) is 14.2. The molecule has 1 amide bonds. The van der Waals surface area contributed by atoms with Crippen molar-refractivity contribution in [1.82, 2.24) is 9.62 Å². The van der Waals surface area contributed by atoms with E-state index in [1.54, 1.807) is 20.8 Å². The molecule has 17 heavy (non-hydrogen) atoms. The van der Waals surface area contributed by atoms with Crippen molar-refractivity contribution < 1.29 is 17.9 Å². The zero-order valence-corrected chi connectivity index (χ0v) is 11.1. The molecule has 1 rings (SSSR count).